The standard InChI is InChI=1S/C18H16Cl2FN3S/c19-15-5-1-13(2-6-15)11-25-12-18(21,9-17-10-22-24-23-17)14-3-7-16(20)8-4-14/h1-8,10H,9,11-12H2,(H,22,23,24). The lowest BCUT2D eigenvalue weighted by Crippen LogP contribution is -2.27. The minimum absolute atomic E-state index is 0.152. The molecule has 0 saturated heterocycles. The molecule has 0 aliphatic rings. The fraction of sp³-hybridized carbons (Fsp3) is 0.222. The number of halogens is 3. The molecule has 1 aromatic heterocycles. The number of benzene rings is 2. The van der Waals surface area contributed by atoms with E-state index in [0.29, 0.717) is 32.8 Å². The predicted octanol–water partition coefficient (Wildman–Crippen LogP) is 5.45. The zero-order valence-corrected chi connectivity index (χ0v) is 15.6. The number of aromatic amines is 1. The Labute approximate surface area is 159 Å². The average molecular weight is 396 g/mol. The summed E-state index contributed by atoms with van der Waals surface area (Å²) in [7, 11) is 0. The van der Waals surface area contributed by atoms with Crippen LogP contribution in [0.4, 0.5) is 4.39 Å². The molecule has 7 heteroatoms. The highest BCUT2D eigenvalue weighted by Gasteiger charge is 2.33. The Hall–Kier alpha value is -1.56. The quantitative estimate of drug-likeness (QED) is 0.577. The van der Waals surface area contributed by atoms with Crippen molar-refractivity contribution < 1.29 is 4.39 Å². The minimum Gasteiger partial charge on any atom is -0.237 e. The molecule has 0 saturated carbocycles. The van der Waals surface area contributed by atoms with Crippen LogP contribution in [0.1, 0.15) is 16.8 Å². The molecule has 2 aromatic carbocycles. The van der Waals surface area contributed by atoms with Crippen LogP contribution in [0.15, 0.2) is 54.7 Å². The van der Waals surface area contributed by atoms with E-state index in [4.69, 9.17) is 23.2 Å². The number of H-pyrrole nitrogens is 1. The Morgan fingerprint density at radius 3 is 2.24 bits per heavy atom. The molecule has 1 atom stereocenters. The van der Waals surface area contributed by atoms with E-state index in [1.54, 1.807) is 30.5 Å². The van der Waals surface area contributed by atoms with Crippen molar-refractivity contribution >= 4 is 35.0 Å². The molecule has 0 fully saturated rings. The fourth-order valence-electron chi connectivity index (χ4n) is 2.49. The second kappa shape index (κ2) is 8.21. The molecule has 0 amide bonds. The summed E-state index contributed by atoms with van der Waals surface area (Å²) in [5.41, 5.74) is 0.723. The van der Waals surface area contributed by atoms with E-state index in [2.05, 4.69) is 15.4 Å². The average Bonchev–Trinajstić information content (AvgIpc) is 3.10. The Balaban J connectivity index is 1.73. The summed E-state index contributed by atoms with van der Waals surface area (Å²) in [4.78, 5) is 0. The summed E-state index contributed by atoms with van der Waals surface area (Å²) in [6.45, 7) is 0. The van der Waals surface area contributed by atoms with Crippen molar-refractivity contribution in [1.82, 2.24) is 15.4 Å². The maximum atomic E-state index is 15.8. The monoisotopic (exact) mass is 395 g/mol. The molecule has 3 rings (SSSR count). The van der Waals surface area contributed by atoms with Gasteiger partial charge in [-0.25, -0.2) is 4.39 Å². The zero-order chi connectivity index (χ0) is 17.7. The highest BCUT2D eigenvalue weighted by atomic mass is 35.5. The molecule has 3 nitrogen and oxygen atoms in total. The minimum atomic E-state index is -1.56. The highest BCUT2D eigenvalue weighted by Crippen LogP contribution is 2.35. The number of thioether (sulfide) groups is 1. The Kier molecular flexibility index (Phi) is 5.99. The first-order valence-corrected chi connectivity index (χ1v) is 9.58. The molecule has 3 aromatic rings. The van der Waals surface area contributed by atoms with Gasteiger partial charge in [-0.1, -0.05) is 47.5 Å². The van der Waals surface area contributed by atoms with Gasteiger partial charge < -0.3 is 0 Å². The van der Waals surface area contributed by atoms with Crippen LogP contribution in [0, 0.1) is 0 Å². The van der Waals surface area contributed by atoms with Gasteiger partial charge in [0.25, 0.3) is 0 Å². The van der Waals surface area contributed by atoms with E-state index in [9.17, 15) is 0 Å². The number of aromatic nitrogens is 3. The Morgan fingerprint density at radius 1 is 1.00 bits per heavy atom. The van der Waals surface area contributed by atoms with E-state index < -0.39 is 5.67 Å². The lowest BCUT2D eigenvalue weighted by atomic mass is 9.93. The van der Waals surface area contributed by atoms with Crippen LogP contribution < -0.4 is 0 Å². The smallest absolute Gasteiger partial charge is 0.150 e. The van der Waals surface area contributed by atoms with E-state index in [1.807, 2.05) is 24.3 Å². The maximum absolute atomic E-state index is 15.8. The van der Waals surface area contributed by atoms with Gasteiger partial charge in [-0.05, 0) is 35.4 Å². The summed E-state index contributed by atoms with van der Waals surface area (Å²) in [6.07, 6.45) is 1.70. The first kappa shape index (κ1) is 18.2. The molecule has 1 unspecified atom stereocenters. The molecular formula is C18H16Cl2FN3S. The first-order chi connectivity index (χ1) is 12.0. The molecule has 25 heavy (non-hydrogen) atoms. The van der Waals surface area contributed by atoms with Crippen LogP contribution in [0.5, 0.6) is 0 Å². The van der Waals surface area contributed by atoms with Crippen molar-refractivity contribution in [3.8, 4) is 0 Å². The van der Waals surface area contributed by atoms with Gasteiger partial charge >= 0.3 is 0 Å². The number of hydrogen-bond donors (Lipinski definition) is 1. The lowest BCUT2D eigenvalue weighted by Gasteiger charge is -2.25. The van der Waals surface area contributed by atoms with Crippen molar-refractivity contribution in [3.63, 3.8) is 0 Å². The van der Waals surface area contributed by atoms with Crippen LogP contribution >= 0.6 is 35.0 Å². The summed E-state index contributed by atoms with van der Waals surface area (Å²) >= 11 is 13.4. The number of alkyl halides is 1. The van der Waals surface area contributed by atoms with Gasteiger partial charge in [0.15, 0.2) is 5.67 Å². The van der Waals surface area contributed by atoms with Crippen molar-refractivity contribution in [2.75, 3.05) is 5.75 Å². The van der Waals surface area contributed by atoms with Gasteiger partial charge in [0, 0.05) is 28.0 Å². The summed E-state index contributed by atoms with van der Waals surface area (Å²) in [5.74, 6) is 0.999. The molecule has 1 N–H and O–H groups in total. The van der Waals surface area contributed by atoms with Crippen molar-refractivity contribution in [1.29, 1.82) is 0 Å². The van der Waals surface area contributed by atoms with Crippen molar-refractivity contribution in [2.24, 2.45) is 0 Å². The largest absolute Gasteiger partial charge is 0.237 e. The van der Waals surface area contributed by atoms with Gasteiger partial charge in [-0.2, -0.15) is 27.2 Å². The highest BCUT2D eigenvalue weighted by molar-refractivity contribution is 7.98. The summed E-state index contributed by atoms with van der Waals surface area (Å²) in [5, 5.41) is 11.6. The van der Waals surface area contributed by atoms with Gasteiger partial charge in [0.1, 0.15) is 0 Å². The topological polar surface area (TPSA) is 41.6 Å². The SMILES string of the molecule is FC(CSCc1ccc(Cl)cc1)(Cc1cn[nH]n1)c1ccc(Cl)cc1. The third kappa shape index (κ3) is 4.97. The normalized spacial score (nSPS) is 13.6. The molecular weight excluding hydrogens is 380 g/mol. The third-order valence-electron chi connectivity index (χ3n) is 3.80. The van der Waals surface area contributed by atoms with E-state index >= 15 is 4.39 Å². The Bertz CT molecular complexity index is 794. The first-order valence-electron chi connectivity index (χ1n) is 7.67. The Morgan fingerprint density at radius 2 is 1.64 bits per heavy atom. The van der Waals surface area contributed by atoms with Crippen LogP contribution in [0.3, 0.4) is 0 Å². The second-order valence-corrected chi connectivity index (χ2v) is 7.59. The van der Waals surface area contributed by atoms with E-state index in [0.717, 1.165) is 5.56 Å². The molecule has 0 aliphatic heterocycles. The van der Waals surface area contributed by atoms with Crippen molar-refractivity contribution in [3.05, 3.63) is 81.6 Å². The lowest BCUT2D eigenvalue weighted by molar-refractivity contribution is 0.197. The molecule has 0 bridgehead atoms. The molecule has 0 radical (unpaired) electrons. The number of rotatable bonds is 7. The van der Waals surface area contributed by atoms with E-state index in [1.165, 1.54) is 11.8 Å². The van der Waals surface area contributed by atoms with E-state index in [-0.39, 0.29) is 6.42 Å². The van der Waals surface area contributed by atoms with Crippen LogP contribution in [-0.4, -0.2) is 21.2 Å². The third-order valence-corrected chi connectivity index (χ3v) is 5.50. The summed E-state index contributed by atoms with van der Waals surface area (Å²) < 4.78 is 15.8. The molecule has 1 heterocycles. The fourth-order valence-corrected chi connectivity index (χ4v) is 3.87. The van der Waals surface area contributed by atoms with Gasteiger partial charge in [-0.3, -0.25) is 0 Å². The van der Waals surface area contributed by atoms with Crippen LogP contribution in [0.2, 0.25) is 10.0 Å². The van der Waals surface area contributed by atoms with Gasteiger partial charge in [0.2, 0.25) is 0 Å². The van der Waals surface area contributed by atoms with Gasteiger partial charge in [-0.15, -0.1) is 0 Å². The van der Waals surface area contributed by atoms with Crippen LogP contribution in [-0.2, 0) is 17.8 Å². The van der Waals surface area contributed by atoms with Gasteiger partial charge in [0.05, 0.1) is 11.9 Å². The number of nitrogens with zero attached hydrogens (tertiary/aromatic N) is 2. The zero-order valence-electron chi connectivity index (χ0n) is 13.3. The molecule has 0 spiro atoms. The number of nitrogens with one attached hydrogen (secondary N) is 1. The second-order valence-electron chi connectivity index (χ2n) is 5.73. The summed E-state index contributed by atoms with van der Waals surface area (Å²) in [6, 6.07) is 14.5. The van der Waals surface area contributed by atoms with Crippen LogP contribution in [0.25, 0.3) is 0 Å². The molecule has 130 valence electrons. The number of hydrogen-bond acceptors (Lipinski definition) is 3. The van der Waals surface area contributed by atoms with Crippen molar-refractivity contribution in [2.45, 2.75) is 17.8 Å². The predicted molar refractivity (Wildman–Crippen MR) is 102 cm³/mol. The molecule has 0 aliphatic carbocycles. The maximum Gasteiger partial charge on any atom is 0.150 e.